The summed E-state index contributed by atoms with van der Waals surface area (Å²) >= 11 is 6.14. The molecule has 0 aliphatic carbocycles. The van der Waals surface area contributed by atoms with Crippen molar-refractivity contribution in [3.05, 3.63) is 58.9 Å². The third-order valence-electron chi connectivity index (χ3n) is 4.63. The number of hydrogen-bond acceptors (Lipinski definition) is 4. The predicted octanol–water partition coefficient (Wildman–Crippen LogP) is 3.53. The van der Waals surface area contributed by atoms with Crippen molar-refractivity contribution < 1.29 is 17.6 Å². The Kier molecular flexibility index (Phi) is 8.15. The molecule has 0 atom stereocenters. The molecule has 0 bridgehead atoms. The Morgan fingerprint density at radius 2 is 1.97 bits per heavy atom. The molecule has 1 aromatic rings. The summed E-state index contributed by atoms with van der Waals surface area (Å²) in [4.78, 5) is 11.8. The largest absolute Gasteiger partial charge is 0.321 e. The maximum atomic E-state index is 14.6. The van der Waals surface area contributed by atoms with Gasteiger partial charge in [0.2, 0.25) is 10.0 Å². The van der Waals surface area contributed by atoms with Crippen molar-refractivity contribution in [1.82, 2.24) is 10.0 Å². The molecule has 1 fully saturated rings. The summed E-state index contributed by atoms with van der Waals surface area (Å²) in [6, 6.07) is 1.66. The van der Waals surface area contributed by atoms with E-state index < -0.39 is 26.6 Å². The van der Waals surface area contributed by atoms with E-state index in [1.807, 2.05) is 0 Å². The van der Waals surface area contributed by atoms with Gasteiger partial charge in [-0.15, -0.1) is 0 Å². The maximum absolute atomic E-state index is 14.6. The van der Waals surface area contributed by atoms with Crippen LogP contribution in [0, 0.1) is 5.82 Å². The molecule has 1 aliphatic rings. The van der Waals surface area contributed by atoms with Gasteiger partial charge in [0.05, 0.1) is 10.7 Å². The molecule has 158 valence electrons. The molecule has 1 amide bonds. The minimum Gasteiger partial charge on any atom is -0.321 e. The van der Waals surface area contributed by atoms with Crippen LogP contribution in [0.25, 0.3) is 0 Å². The number of hydrogen-bond donors (Lipinski definition) is 3. The smallest absolute Gasteiger partial charge is 0.251 e. The number of rotatable bonds is 7. The van der Waals surface area contributed by atoms with E-state index in [2.05, 4.69) is 21.9 Å². The van der Waals surface area contributed by atoms with Gasteiger partial charge in [-0.3, -0.25) is 4.79 Å². The van der Waals surface area contributed by atoms with Crippen LogP contribution in [0.5, 0.6) is 0 Å². The summed E-state index contributed by atoms with van der Waals surface area (Å²) in [6.07, 6.45) is 6.22. The topological polar surface area (TPSA) is 87.3 Å². The van der Waals surface area contributed by atoms with Crippen molar-refractivity contribution in [3.63, 3.8) is 0 Å². The number of benzene rings is 1. The minimum atomic E-state index is -4.08. The molecule has 0 aromatic heterocycles. The van der Waals surface area contributed by atoms with Crippen LogP contribution in [0.1, 0.15) is 26.7 Å². The quantitative estimate of drug-likeness (QED) is 0.446. The van der Waals surface area contributed by atoms with Crippen molar-refractivity contribution >= 4 is 33.2 Å². The molecular formula is C20H25ClFN3O3S. The van der Waals surface area contributed by atoms with Gasteiger partial charge in [0, 0.05) is 17.7 Å². The second kappa shape index (κ2) is 10.2. The highest BCUT2D eigenvalue weighted by atomic mass is 35.5. The number of anilines is 1. The van der Waals surface area contributed by atoms with Gasteiger partial charge in [-0.25, -0.2) is 17.5 Å². The predicted molar refractivity (Wildman–Crippen MR) is 114 cm³/mol. The highest BCUT2D eigenvalue weighted by Gasteiger charge is 2.26. The van der Waals surface area contributed by atoms with E-state index in [1.165, 1.54) is 0 Å². The van der Waals surface area contributed by atoms with Crippen molar-refractivity contribution in [2.45, 2.75) is 37.6 Å². The number of amides is 1. The lowest BCUT2D eigenvalue weighted by Gasteiger charge is -2.23. The molecular weight excluding hydrogens is 417 g/mol. The maximum Gasteiger partial charge on any atom is 0.251 e. The molecule has 2 rings (SSSR count). The molecule has 1 aliphatic heterocycles. The number of halogens is 2. The number of nitrogens with one attached hydrogen (secondary N) is 3. The van der Waals surface area contributed by atoms with E-state index in [0.717, 1.165) is 12.1 Å². The van der Waals surface area contributed by atoms with Gasteiger partial charge in [-0.2, -0.15) is 0 Å². The summed E-state index contributed by atoms with van der Waals surface area (Å²) in [6.45, 7) is 8.31. The molecule has 1 aromatic carbocycles. The van der Waals surface area contributed by atoms with Crippen LogP contribution in [-0.2, 0) is 14.8 Å². The summed E-state index contributed by atoms with van der Waals surface area (Å²) in [5.74, 6) is -1.46. The van der Waals surface area contributed by atoms with E-state index in [4.69, 9.17) is 11.6 Å². The van der Waals surface area contributed by atoms with E-state index in [0.29, 0.717) is 37.1 Å². The number of piperidine rings is 1. The van der Waals surface area contributed by atoms with Crippen LogP contribution in [0.15, 0.2) is 53.0 Å². The van der Waals surface area contributed by atoms with Crippen LogP contribution >= 0.6 is 11.6 Å². The first-order valence-corrected chi connectivity index (χ1v) is 11.0. The fourth-order valence-corrected chi connectivity index (χ4v) is 4.45. The second-order valence-corrected chi connectivity index (χ2v) is 8.85. The molecule has 0 saturated carbocycles. The highest BCUT2D eigenvalue weighted by Crippen LogP contribution is 2.29. The average Bonchev–Trinajstić information content (AvgIpc) is 2.68. The summed E-state index contributed by atoms with van der Waals surface area (Å²) in [5.41, 5.74) is 1.10. The van der Waals surface area contributed by atoms with Crippen LogP contribution in [0.3, 0.4) is 0 Å². The van der Waals surface area contributed by atoms with Gasteiger partial charge < -0.3 is 10.6 Å². The fourth-order valence-electron chi connectivity index (χ4n) is 2.79. The van der Waals surface area contributed by atoms with E-state index >= 15 is 0 Å². The van der Waals surface area contributed by atoms with Gasteiger partial charge in [-0.05, 0) is 51.4 Å². The molecule has 3 N–H and O–H groups in total. The van der Waals surface area contributed by atoms with Gasteiger partial charge in [0.25, 0.3) is 5.91 Å². The third-order valence-corrected chi connectivity index (χ3v) is 6.48. The van der Waals surface area contributed by atoms with E-state index in [1.54, 1.807) is 32.1 Å². The molecule has 0 radical (unpaired) electrons. The zero-order valence-electron chi connectivity index (χ0n) is 16.4. The van der Waals surface area contributed by atoms with Gasteiger partial charge in [-0.1, -0.05) is 36.4 Å². The normalized spacial score (nSPS) is 16.6. The lowest BCUT2D eigenvalue weighted by Crippen LogP contribution is -2.42. The van der Waals surface area contributed by atoms with Crippen LogP contribution < -0.4 is 15.4 Å². The van der Waals surface area contributed by atoms with E-state index in [9.17, 15) is 17.6 Å². The molecule has 0 spiro atoms. The van der Waals surface area contributed by atoms with Gasteiger partial charge in [0.15, 0.2) is 0 Å². The first-order chi connectivity index (χ1) is 13.7. The molecule has 29 heavy (non-hydrogen) atoms. The molecule has 6 nitrogen and oxygen atoms in total. The fraction of sp³-hybridized carbons (Fsp3) is 0.350. The Labute approximate surface area is 176 Å². The Balaban J connectivity index is 2.23. The van der Waals surface area contributed by atoms with Crippen LogP contribution in [0.4, 0.5) is 10.1 Å². The second-order valence-electron chi connectivity index (χ2n) is 6.76. The molecule has 9 heteroatoms. The lowest BCUT2D eigenvalue weighted by molar-refractivity contribution is -0.112. The zero-order chi connectivity index (χ0) is 21.6. The Morgan fingerprint density at radius 3 is 2.59 bits per heavy atom. The summed E-state index contributed by atoms with van der Waals surface area (Å²) < 4.78 is 42.2. The highest BCUT2D eigenvalue weighted by molar-refractivity contribution is 7.89. The lowest BCUT2D eigenvalue weighted by atomic mass is 10.1. The summed E-state index contributed by atoms with van der Waals surface area (Å²) in [7, 11) is -4.08. The van der Waals surface area contributed by atoms with Crippen molar-refractivity contribution in [3.8, 4) is 0 Å². The number of allylic oxidation sites excluding steroid dienone is 4. The molecule has 1 saturated heterocycles. The van der Waals surface area contributed by atoms with Gasteiger partial charge in [0.1, 0.15) is 10.7 Å². The minimum absolute atomic E-state index is 0.00478. The molecule has 1 heterocycles. The van der Waals surface area contributed by atoms with Crippen molar-refractivity contribution in [2.24, 2.45) is 0 Å². The first kappa shape index (κ1) is 23.3. The zero-order valence-corrected chi connectivity index (χ0v) is 18.0. The Hall–Kier alpha value is -2.00. The van der Waals surface area contributed by atoms with Crippen molar-refractivity contribution in [1.29, 1.82) is 0 Å². The van der Waals surface area contributed by atoms with Crippen LogP contribution in [0.2, 0.25) is 5.02 Å². The molecule has 0 unspecified atom stereocenters. The van der Waals surface area contributed by atoms with Gasteiger partial charge >= 0.3 is 0 Å². The Morgan fingerprint density at radius 1 is 1.31 bits per heavy atom. The van der Waals surface area contributed by atoms with Crippen molar-refractivity contribution in [2.75, 3.05) is 18.4 Å². The third kappa shape index (κ3) is 6.24. The Bertz CT molecular complexity index is 952. The number of carbonyl (C=O) groups excluding carboxylic acids is 1. The van der Waals surface area contributed by atoms with E-state index in [-0.39, 0.29) is 16.8 Å². The SMILES string of the molecule is C=C/C=C\C(C)=C(/C)C(=O)Nc1cc(F)c(S(=O)(=O)NC2CCNCC2)cc1Cl. The average molecular weight is 442 g/mol. The van der Waals surface area contributed by atoms with Crippen LogP contribution in [-0.4, -0.2) is 33.5 Å². The standard InChI is InChI=1S/C20H25ClFN3O3S/c1-4-5-6-13(2)14(3)20(26)24-18-12-17(22)19(11-16(18)21)29(27,28)25-15-7-9-23-10-8-15/h4-6,11-12,15,23,25H,1,7-10H2,2-3H3,(H,24,26)/b6-5-,14-13+. The number of carbonyl (C=O) groups is 1. The first-order valence-electron chi connectivity index (χ1n) is 9.15. The number of sulfonamides is 1. The monoisotopic (exact) mass is 441 g/mol. The summed E-state index contributed by atoms with van der Waals surface area (Å²) in [5, 5.41) is 5.58.